The average Bonchev–Trinajstić information content (AvgIpc) is 3.44. The first-order chi connectivity index (χ1) is 18.3. The minimum atomic E-state index is -0.378. The number of hydrogen-bond acceptors (Lipinski definition) is 5. The number of aromatic hydroxyl groups is 1. The molecule has 2 aromatic heterocycles. The van der Waals surface area contributed by atoms with Crippen LogP contribution in [0.1, 0.15) is 44.5 Å². The lowest BCUT2D eigenvalue weighted by Gasteiger charge is -2.15. The van der Waals surface area contributed by atoms with Crippen LogP contribution in [-0.2, 0) is 17.8 Å². The number of rotatable bonds is 8. The minimum absolute atomic E-state index is 0.213. The summed E-state index contributed by atoms with van der Waals surface area (Å²) < 4.78 is 9.44. The predicted molar refractivity (Wildman–Crippen MR) is 151 cm³/mol. The van der Waals surface area contributed by atoms with E-state index >= 15 is 0 Å². The number of imidazole rings is 2. The number of aryl methyl sites for hydroxylation is 1. The topological polar surface area (TPSA) is 82.2 Å². The molecule has 7 nitrogen and oxygen atoms in total. The van der Waals surface area contributed by atoms with Gasteiger partial charge in [-0.25, -0.2) is 14.8 Å². The van der Waals surface area contributed by atoms with Crippen molar-refractivity contribution in [3.8, 4) is 28.5 Å². The van der Waals surface area contributed by atoms with Gasteiger partial charge in [-0.1, -0.05) is 45.9 Å². The maximum absolute atomic E-state index is 12.2. The van der Waals surface area contributed by atoms with E-state index in [-0.39, 0.29) is 11.7 Å². The van der Waals surface area contributed by atoms with Crippen molar-refractivity contribution in [2.75, 3.05) is 7.11 Å². The first-order valence-electron chi connectivity index (χ1n) is 13.1. The Morgan fingerprint density at radius 1 is 0.895 bits per heavy atom. The van der Waals surface area contributed by atoms with Crippen LogP contribution in [0.15, 0.2) is 60.7 Å². The van der Waals surface area contributed by atoms with Crippen molar-refractivity contribution in [2.24, 2.45) is 11.8 Å². The van der Waals surface area contributed by atoms with Gasteiger partial charge in [0, 0.05) is 24.2 Å². The molecule has 5 rings (SSSR count). The lowest BCUT2D eigenvalue weighted by Crippen LogP contribution is -2.08. The summed E-state index contributed by atoms with van der Waals surface area (Å²) in [5, 5.41) is 10.2. The van der Waals surface area contributed by atoms with E-state index in [9.17, 15) is 9.90 Å². The fourth-order valence-electron chi connectivity index (χ4n) is 4.97. The fraction of sp³-hybridized carbons (Fsp3) is 0.323. The van der Waals surface area contributed by atoms with Gasteiger partial charge in [-0.3, -0.25) is 0 Å². The summed E-state index contributed by atoms with van der Waals surface area (Å²) in [6, 6.07) is 19.0. The molecule has 38 heavy (non-hydrogen) atoms. The maximum atomic E-state index is 12.2. The third-order valence-electron chi connectivity index (χ3n) is 6.76. The highest BCUT2D eigenvalue weighted by molar-refractivity contribution is 5.97. The number of phenolic OH excluding ortho intramolecular Hbond substituents is 1. The summed E-state index contributed by atoms with van der Waals surface area (Å²) in [5.41, 5.74) is 5.95. The summed E-state index contributed by atoms with van der Waals surface area (Å²) in [6.07, 6.45) is 0.983. The van der Waals surface area contributed by atoms with Crippen LogP contribution in [0.3, 0.4) is 0 Å². The van der Waals surface area contributed by atoms with Crippen LogP contribution in [0.5, 0.6) is 5.75 Å². The molecule has 0 aliphatic carbocycles. The van der Waals surface area contributed by atoms with Crippen molar-refractivity contribution >= 4 is 28.0 Å². The summed E-state index contributed by atoms with van der Waals surface area (Å²) in [7, 11) is 1.39. The second-order valence-electron chi connectivity index (χ2n) is 10.6. The summed E-state index contributed by atoms with van der Waals surface area (Å²) >= 11 is 0. The first-order valence-corrected chi connectivity index (χ1v) is 13.1. The van der Waals surface area contributed by atoms with Gasteiger partial charge in [0.2, 0.25) is 0 Å². The highest BCUT2D eigenvalue weighted by Crippen LogP contribution is 2.35. The third kappa shape index (κ3) is 4.76. The summed E-state index contributed by atoms with van der Waals surface area (Å²) in [5.74, 6) is 2.40. The number of esters is 1. The number of ether oxygens (including phenoxy) is 1. The van der Waals surface area contributed by atoms with Crippen molar-refractivity contribution in [2.45, 2.75) is 47.2 Å². The van der Waals surface area contributed by atoms with E-state index in [0.29, 0.717) is 17.4 Å². The van der Waals surface area contributed by atoms with E-state index in [1.807, 2.05) is 30.3 Å². The molecular weight excluding hydrogens is 476 g/mol. The Labute approximate surface area is 222 Å². The average molecular weight is 511 g/mol. The number of methoxy groups -OCH3 is 1. The van der Waals surface area contributed by atoms with Crippen LogP contribution in [0, 0.1) is 11.8 Å². The van der Waals surface area contributed by atoms with Gasteiger partial charge in [-0.15, -0.1) is 0 Å². The highest BCUT2D eigenvalue weighted by Gasteiger charge is 2.22. The molecule has 0 aliphatic heterocycles. The second-order valence-corrected chi connectivity index (χ2v) is 10.6. The zero-order valence-corrected chi connectivity index (χ0v) is 22.6. The monoisotopic (exact) mass is 510 g/mol. The number of fused-ring (bicyclic) bond motifs is 2. The summed E-state index contributed by atoms with van der Waals surface area (Å²) in [6.45, 7) is 10.4. The van der Waals surface area contributed by atoms with Crippen LogP contribution in [0.4, 0.5) is 0 Å². The van der Waals surface area contributed by atoms with Crippen molar-refractivity contribution < 1.29 is 14.6 Å². The van der Waals surface area contributed by atoms with Gasteiger partial charge < -0.3 is 19.0 Å². The molecular formula is C31H34N4O3. The van der Waals surface area contributed by atoms with E-state index in [2.05, 4.69) is 42.9 Å². The number of aromatic nitrogens is 4. The number of benzene rings is 3. The normalized spacial score (nSPS) is 11.8. The number of para-hydroxylation sites is 1. The summed E-state index contributed by atoms with van der Waals surface area (Å²) in [4.78, 5) is 22.3. The van der Waals surface area contributed by atoms with Crippen LogP contribution in [-0.4, -0.2) is 37.3 Å². The molecule has 0 spiro atoms. The van der Waals surface area contributed by atoms with Crippen molar-refractivity contribution in [3.05, 3.63) is 66.2 Å². The Morgan fingerprint density at radius 3 is 2.37 bits per heavy atom. The molecule has 196 valence electrons. The molecule has 0 radical (unpaired) electrons. The second kappa shape index (κ2) is 10.3. The Morgan fingerprint density at radius 2 is 1.66 bits per heavy atom. The van der Waals surface area contributed by atoms with Crippen LogP contribution in [0.25, 0.3) is 44.8 Å². The van der Waals surface area contributed by atoms with Crippen molar-refractivity contribution in [3.63, 3.8) is 0 Å². The van der Waals surface area contributed by atoms with E-state index in [4.69, 9.17) is 14.7 Å². The van der Waals surface area contributed by atoms with Gasteiger partial charge in [-0.2, -0.15) is 0 Å². The van der Waals surface area contributed by atoms with E-state index in [1.54, 1.807) is 24.3 Å². The third-order valence-corrected chi connectivity index (χ3v) is 6.76. The Bertz CT molecular complexity index is 1630. The first kappa shape index (κ1) is 25.5. The largest absolute Gasteiger partial charge is 0.508 e. The molecule has 1 N–H and O–H groups in total. The number of phenols is 1. The molecule has 7 heteroatoms. The molecule has 0 amide bonds. The zero-order valence-electron chi connectivity index (χ0n) is 22.6. The van der Waals surface area contributed by atoms with Gasteiger partial charge in [0.1, 0.15) is 17.4 Å². The van der Waals surface area contributed by atoms with E-state index < -0.39 is 0 Å². The molecule has 2 heterocycles. The lowest BCUT2D eigenvalue weighted by atomic mass is 10.1. The van der Waals surface area contributed by atoms with Gasteiger partial charge in [0.15, 0.2) is 0 Å². The molecule has 0 saturated heterocycles. The Balaban J connectivity index is 1.79. The lowest BCUT2D eigenvalue weighted by molar-refractivity contribution is 0.0601. The van der Waals surface area contributed by atoms with Crippen molar-refractivity contribution in [1.29, 1.82) is 0 Å². The van der Waals surface area contributed by atoms with Gasteiger partial charge in [0.25, 0.3) is 0 Å². The molecule has 0 fully saturated rings. The van der Waals surface area contributed by atoms with Gasteiger partial charge in [0.05, 0.1) is 34.7 Å². The van der Waals surface area contributed by atoms with Gasteiger partial charge in [-0.05, 0) is 60.7 Å². The smallest absolute Gasteiger partial charge is 0.337 e. The van der Waals surface area contributed by atoms with E-state index in [0.717, 1.165) is 64.4 Å². The zero-order chi connectivity index (χ0) is 27.0. The van der Waals surface area contributed by atoms with Crippen LogP contribution in [0.2, 0.25) is 0 Å². The quantitative estimate of drug-likeness (QED) is 0.229. The van der Waals surface area contributed by atoms with E-state index in [1.165, 1.54) is 7.11 Å². The standard InChI is InChI=1S/C31H34N4O3/c1-19(2)14-15-34-28-24(10-7-11-25(28)32-29(34)21-8-6-9-23(36)16-21)30-33-26-17-22(31(37)38-5)12-13-27(26)35(30)18-20(3)4/h6-13,16-17,19-20,36H,14-15,18H2,1-5H3. The number of hydrogen-bond donors (Lipinski definition) is 1. The number of carbonyl (C=O) groups is 1. The highest BCUT2D eigenvalue weighted by atomic mass is 16.5. The molecule has 0 saturated carbocycles. The van der Waals surface area contributed by atoms with Crippen LogP contribution < -0.4 is 0 Å². The fourth-order valence-corrected chi connectivity index (χ4v) is 4.97. The molecule has 3 aromatic carbocycles. The van der Waals surface area contributed by atoms with Gasteiger partial charge >= 0.3 is 5.97 Å². The number of nitrogens with zero attached hydrogens (tertiary/aromatic N) is 4. The molecule has 5 aromatic rings. The van der Waals surface area contributed by atoms with Crippen LogP contribution >= 0.6 is 0 Å². The molecule has 0 bridgehead atoms. The molecule has 0 atom stereocenters. The molecule has 0 unspecified atom stereocenters. The number of carbonyl (C=O) groups excluding carboxylic acids is 1. The van der Waals surface area contributed by atoms with Crippen molar-refractivity contribution in [1.82, 2.24) is 19.1 Å². The molecule has 0 aliphatic rings. The Kier molecular flexibility index (Phi) is 6.93. The SMILES string of the molecule is COC(=O)c1ccc2c(c1)nc(-c1cccc3nc(-c4cccc(O)c4)n(CCC(C)C)c13)n2CC(C)C. The Hall–Kier alpha value is -4.13. The maximum Gasteiger partial charge on any atom is 0.337 e. The predicted octanol–water partition coefficient (Wildman–Crippen LogP) is 6.91. The minimum Gasteiger partial charge on any atom is -0.508 e.